The maximum absolute atomic E-state index is 12.5. The standard InChI is InChI=1S/C13H12F6N2O4S/c14-12(15,16)11(22)20-8-5-6-21(7-8)26(23,24)10-4-2-1-3-9(10)25-13(17,18)19/h1-4,8H,5-7H2,(H,20,22). The summed E-state index contributed by atoms with van der Waals surface area (Å²) >= 11 is 0. The van der Waals surface area contributed by atoms with Crippen LogP contribution in [0.3, 0.4) is 0 Å². The molecule has 1 aliphatic rings. The normalized spacial score (nSPS) is 19.4. The van der Waals surface area contributed by atoms with E-state index in [1.165, 1.54) is 6.07 Å². The van der Waals surface area contributed by atoms with Gasteiger partial charge in [-0.1, -0.05) is 12.1 Å². The molecular weight excluding hydrogens is 394 g/mol. The van der Waals surface area contributed by atoms with E-state index in [2.05, 4.69) is 4.74 Å². The summed E-state index contributed by atoms with van der Waals surface area (Å²) in [7, 11) is -4.47. The Hall–Kier alpha value is -2.02. The highest BCUT2D eigenvalue weighted by molar-refractivity contribution is 7.89. The Labute approximate surface area is 143 Å². The minimum Gasteiger partial charge on any atom is -0.404 e. The first kappa shape index (κ1) is 20.3. The van der Waals surface area contributed by atoms with Gasteiger partial charge in [0.15, 0.2) is 0 Å². The molecule has 1 amide bonds. The Balaban J connectivity index is 2.18. The Morgan fingerprint density at radius 3 is 2.35 bits per heavy atom. The van der Waals surface area contributed by atoms with Gasteiger partial charge in [-0.15, -0.1) is 13.2 Å². The molecule has 0 aliphatic carbocycles. The maximum atomic E-state index is 12.5. The molecule has 1 aromatic carbocycles. The number of benzene rings is 1. The molecule has 1 saturated heterocycles. The Kier molecular flexibility index (Phi) is 5.42. The molecule has 0 aromatic heterocycles. The van der Waals surface area contributed by atoms with Gasteiger partial charge in [-0.05, 0) is 18.6 Å². The van der Waals surface area contributed by atoms with E-state index in [0.29, 0.717) is 4.31 Å². The van der Waals surface area contributed by atoms with Crippen LogP contribution < -0.4 is 10.1 Å². The van der Waals surface area contributed by atoms with Crippen LogP contribution in [0.2, 0.25) is 0 Å². The molecule has 0 spiro atoms. The number of carbonyl (C=O) groups is 1. The number of halogens is 6. The summed E-state index contributed by atoms with van der Waals surface area (Å²) in [4.78, 5) is 10.1. The zero-order valence-corrected chi connectivity index (χ0v) is 13.6. The van der Waals surface area contributed by atoms with E-state index in [0.717, 1.165) is 18.2 Å². The highest BCUT2D eigenvalue weighted by Gasteiger charge is 2.42. The van der Waals surface area contributed by atoms with E-state index in [-0.39, 0.29) is 13.0 Å². The summed E-state index contributed by atoms with van der Waals surface area (Å²) in [5.41, 5.74) is 0. The van der Waals surface area contributed by atoms with Gasteiger partial charge < -0.3 is 10.1 Å². The second-order valence-electron chi connectivity index (χ2n) is 5.31. The first-order chi connectivity index (χ1) is 11.8. The van der Waals surface area contributed by atoms with Gasteiger partial charge in [-0.3, -0.25) is 4.79 Å². The van der Waals surface area contributed by atoms with Gasteiger partial charge >= 0.3 is 18.4 Å². The third-order valence-electron chi connectivity index (χ3n) is 3.44. The number of alkyl halides is 6. The fraction of sp³-hybridized carbons (Fsp3) is 0.462. The largest absolute Gasteiger partial charge is 0.573 e. The lowest BCUT2D eigenvalue weighted by atomic mass is 10.2. The van der Waals surface area contributed by atoms with Crippen molar-refractivity contribution < 1.29 is 44.3 Å². The molecule has 6 nitrogen and oxygen atoms in total. The van der Waals surface area contributed by atoms with Crippen LogP contribution in [-0.4, -0.2) is 50.3 Å². The number of rotatable bonds is 4. The third-order valence-corrected chi connectivity index (χ3v) is 5.34. The SMILES string of the molecule is O=C(NC1CCN(S(=O)(=O)c2ccccc2OC(F)(F)F)C1)C(F)(F)F. The molecule has 13 heteroatoms. The van der Waals surface area contributed by atoms with Gasteiger partial charge in [0.05, 0.1) is 0 Å². The summed E-state index contributed by atoms with van der Waals surface area (Å²) in [6.07, 6.45) is -10.4. The molecule has 1 unspecified atom stereocenters. The van der Waals surface area contributed by atoms with Crippen LogP contribution in [0.1, 0.15) is 6.42 Å². The molecule has 0 bridgehead atoms. The summed E-state index contributed by atoms with van der Waals surface area (Å²) in [6, 6.07) is 2.89. The zero-order chi connectivity index (χ0) is 19.8. The quantitative estimate of drug-likeness (QED) is 0.777. The highest BCUT2D eigenvalue weighted by atomic mass is 32.2. The lowest BCUT2D eigenvalue weighted by Gasteiger charge is -2.20. The summed E-state index contributed by atoms with van der Waals surface area (Å²) in [5.74, 6) is -3.18. The number of hydrogen-bond acceptors (Lipinski definition) is 4. The predicted molar refractivity (Wildman–Crippen MR) is 74.5 cm³/mol. The maximum Gasteiger partial charge on any atom is 0.573 e. The van der Waals surface area contributed by atoms with E-state index in [9.17, 15) is 39.6 Å². The summed E-state index contributed by atoms with van der Waals surface area (Å²) in [5, 5.41) is 1.64. The minimum atomic E-state index is -5.13. The van der Waals surface area contributed by atoms with E-state index in [1.807, 2.05) is 0 Å². The van der Waals surface area contributed by atoms with Crippen molar-refractivity contribution >= 4 is 15.9 Å². The molecular formula is C13H12F6N2O4S. The van der Waals surface area contributed by atoms with E-state index in [4.69, 9.17) is 0 Å². The van der Waals surface area contributed by atoms with Crippen molar-refractivity contribution in [1.29, 1.82) is 0 Å². The molecule has 1 fully saturated rings. The van der Waals surface area contributed by atoms with Gasteiger partial charge in [0.2, 0.25) is 10.0 Å². The van der Waals surface area contributed by atoms with E-state index >= 15 is 0 Å². The average molecular weight is 406 g/mol. The number of carbonyl (C=O) groups excluding carboxylic acids is 1. The van der Waals surface area contributed by atoms with Crippen LogP contribution in [-0.2, 0) is 14.8 Å². The number of nitrogens with zero attached hydrogens (tertiary/aromatic N) is 1. The van der Waals surface area contributed by atoms with Crippen molar-refractivity contribution in [3.05, 3.63) is 24.3 Å². The van der Waals surface area contributed by atoms with Crippen molar-refractivity contribution in [1.82, 2.24) is 9.62 Å². The molecule has 26 heavy (non-hydrogen) atoms. The molecule has 1 heterocycles. The predicted octanol–water partition coefficient (Wildman–Crippen LogP) is 2.03. The van der Waals surface area contributed by atoms with Gasteiger partial charge in [-0.2, -0.15) is 17.5 Å². The van der Waals surface area contributed by atoms with Gasteiger partial charge in [-0.25, -0.2) is 8.42 Å². The van der Waals surface area contributed by atoms with Crippen molar-refractivity contribution in [2.24, 2.45) is 0 Å². The lowest BCUT2D eigenvalue weighted by molar-refractivity contribution is -0.275. The highest BCUT2D eigenvalue weighted by Crippen LogP contribution is 2.32. The number of para-hydroxylation sites is 1. The molecule has 146 valence electrons. The molecule has 1 aliphatic heterocycles. The number of amides is 1. The fourth-order valence-corrected chi connectivity index (χ4v) is 3.96. The Morgan fingerprint density at radius 1 is 1.15 bits per heavy atom. The van der Waals surface area contributed by atoms with Crippen LogP contribution in [0.5, 0.6) is 5.75 Å². The minimum absolute atomic E-state index is 0.122. The molecule has 0 radical (unpaired) electrons. The second kappa shape index (κ2) is 6.95. The lowest BCUT2D eigenvalue weighted by Crippen LogP contribution is -2.44. The molecule has 2 rings (SSSR count). The van der Waals surface area contributed by atoms with E-state index in [1.54, 1.807) is 5.32 Å². The van der Waals surface area contributed by atoms with Gasteiger partial charge in [0, 0.05) is 19.1 Å². The van der Waals surface area contributed by atoms with Crippen LogP contribution in [0.25, 0.3) is 0 Å². The Bertz CT molecular complexity index is 778. The molecule has 1 aromatic rings. The summed E-state index contributed by atoms with van der Waals surface area (Å²) < 4.78 is 103. The molecule has 1 N–H and O–H groups in total. The fourth-order valence-electron chi connectivity index (χ4n) is 2.34. The van der Waals surface area contributed by atoms with E-state index < -0.39 is 51.7 Å². The topological polar surface area (TPSA) is 75.7 Å². The summed E-state index contributed by atoms with van der Waals surface area (Å²) in [6.45, 7) is -0.782. The van der Waals surface area contributed by atoms with Crippen LogP contribution in [0.4, 0.5) is 26.3 Å². The number of sulfonamides is 1. The monoisotopic (exact) mass is 406 g/mol. The van der Waals surface area contributed by atoms with Crippen LogP contribution in [0.15, 0.2) is 29.2 Å². The van der Waals surface area contributed by atoms with Gasteiger partial charge in [0.25, 0.3) is 0 Å². The zero-order valence-electron chi connectivity index (χ0n) is 12.8. The van der Waals surface area contributed by atoms with Crippen molar-refractivity contribution in [2.75, 3.05) is 13.1 Å². The van der Waals surface area contributed by atoms with Crippen molar-refractivity contribution in [3.8, 4) is 5.75 Å². The third kappa shape index (κ3) is 4.78. The first-order valence-electron chi connectivity index (χ1n) is 7.03. The molecule has 0 saturated carbocycles. The first-order valence-corrected chi connectivity index (χ1v) is 8.47. The Morgan fingerprint density at radius 2 is 1.77 bits per heavy atom. The van der Waals surface area contributed by atoms with Crippen LogP contribution in [0, 0.1) is 0 Å². The second-order valence-corrected chi connectivity index (χ2v) is 7.22. The van der Waals surface area contributed by atoms with Crippen LogP contribution >= 0.6 is 0 Å². The smallest absolute Gasteiger partial charge is 0.404 e. The average Bonchev–Trinajstić information content (AvgIpc) is 2.94. The van der Waals surface area contributed by atoms with Crippen molar-refractivity contribution in [2.45, 2.75) is 29.9 Å². The number of ether oxygens (including phenoxy) is 1. The van der Waals surface area contributed by atoms with Gasteiger partial charge in [0.1, 0.15) is 10.6 Å². The number of nitrogens with one attached hydrogen (secondary N) is 1. The molecule has 1 atom stereocenters. The number of hydrogen-bond donors (Lipinski definition) is 1. The van der Waals surface area contributed by atoms with Crippen molar-refractivity contribution in [3.63, 3.8) is 0 Å².